The van der Waals surface area contributed by atoms with E-state index in [4.69, 9.17) is 0 Å². The first-order chi connectivity index (χ1) is 13.6. The number of nitrogens with one attached hydrogen (secondary N) is 2. The Morgan fingerprint density at radius 2 is 1.89 bits per heavy atom. The molecule has 4 heteroatoms. The standard InChI is InChI=1S/C13H25N.C11H13NOS/c1-4-11-7-10-5-9(2)6-12(8-10)13(11)14-3;13-9-11(7-4-8-11)12-14-10-5-2-1-3-6-10/h9-14H,4-8H2,1-3H3;1-3,5-6,9,12H,4,7-8H2. The van der Waals surface area contributed by atoms with E-state index in [1.165, 1.54) is 32.1 Å². The van der Waals surface area contributed by atoms with Crippen molar-refractivity contribution in [1.29, 1.82) is 0 Å². The van der Waals surface area contributed by atoms with Crippen molar-refractivity contribution >= 4 is 18.2 Å². The van der Waals surface area contributed by atoms with Crippen LogP contribution in [0.15, 0.2) is 35.2 Å². The van der Waals surface area contributed by atoms with Crippen LogP contribution < -0.4 is 10.0 Å². The van der Waals surface area contributed by atoms with Gasteiger partial charge in [-0.05, 0) is 99.7 Å². The van der Waals surface area contributed by atoms with Gasteiger partial charge in [0, 0.05) is 10.9 Å². The molecular weight excluding hydrogens is 364 g/mol. The zero-order valence-corrected chi connectivity index (χ0v) is 18.6. The molecule has 0 aromatic heterocycles. The number of rotatable bonds is 6. The summed E-state index contributed by atoms with van der Waals surface area (Å²) in [6.45, 7) is 4.80. The van der Waals surface area contributed by atoms with Gasteiger partial charge < -0.3 is 10.1 Å². The van der Waals surface area contributed by atoms with Gasteiger partial charge in [-0.15, -0.1) is 0 Å². The lowest BCUT2D eigenvalue weighted by atomic mass is 9.62. The van der Waals surface area contributed by atoms with Crippen molar-refractivity contribution in [2.75, 3.05) is 7.05 Å². The van der Waals surface area contributed by atoms with Crippen molar-refractivity contribution in [3.63, 3.8) is 0 Å². The number of carbonyl (C=O) groups excluding carboxylic acids is 1. The lowest BCUT2D eigenvalue weighted by molar-refractivity contribution is -0.115. The van der Waals surface area contributed by atoms with E-state index in [0.29, 0.717) is 0 Å². The summed E-state index contributed by atoms with van der Waals surface area (Å²) >= 11 is 1.55. The lowest BCUT2D eigenvalue weighted by Gasteiger charge is -2.47. The topological polar surface area (TPSA) is 41.1 Å². The highest BCUT2D eigenvalue weighted by atomic mass is 32.2. The van der Waals surface area contributed by atoms with E-state index in [0.717, 1.165) is 60.2 Å². The van der Waals surface area contributed by atoms with Gasteiger partial charge in [-0.1, -0.05) is 38.5 Å². The van der Waals surface area contributed by atoms with Crippen LogP contribution in [0.4, 0.5) is 0 Å². The molecule has 5 unspecified atom stereocenters. The normalized spacial score (nSPS) is 33.2. The summed E-state index contributed by atoms with van der Waals surface area (Å²) in [5.41, 5.74) is -0.249. The Bertz CT molecular complexity index is 602. The molecule has 5 atom stereocenters. The molecule has 156 valence electrons. The van der Waals surface area contributed by atoms with Crippen LogP contribution in [-0.2, 0) is 4.79 Å². The number of hydrogen-bond donors (Lipinski definition) is 2. The maximum Gasteiger partial charge on any atom is 0.140 e. The van der Waals surface area contributed by atoms with Gasteiger partial charge in [-0.25, -0.2) is 4.72 Å². The molecule has 0 saturated heterocycles. The maximum atomic E-state index is 10.9. The quantitative estimate of drug-likeness (QED) is 0.489. The first-order valence-electron chi connectivity index (χ1n) is 11.2. The molecule has 3 nitrogen and oxygen atoms in total. The molecule has 3 saturated carbocycles. The summed E-state index contributed by atoms with van der Waals surface area (Å²) in [6, 6.07) is 10.9. The van der Waals surface area contributed by atoms with Gasteiger partial charge in [0.05, 0.1) is 5.54 Å². The van der Waals surface area contributed by atoms with Gasteiger partial charge >= 0.3 is 0 Å². The van der Waals surface area contributed by atoms with E-state index >= 15 is 0 Å². The van der Waals surface area contributed by atoms with Crippen molar-refractivity contribution < 1.29 is 4.79 Å². The predicted molar refractivity (Wildman–Crippen MR) is 119 cm³/mol. The number of aldehydes is 1. The third-order valence-corrected chi connectivity index (χ3v) is 8.19. The SMILES string of the molecule is CCC1CC2CC(C)CC(C2)C1NC.O=CC1(NSc2ccccc2)CCC1. The maximum absolute atomic E-state index is 10.9. The molecule has 0 heterocycles. The minimum absolute atomic E-state index is 0.249. The summed E-state index contributed by atoms with van der Waals surface area (Å²) in [5.74, 6) is 3.97. The molecule has 2 N–H and O–H groups in total. The Labute approximate surface area is 176 Å². The summed E-state index contributed by atoms with van der Waals surface area (Å²) < 4.78 is 3.25. The molecule has 0 spiro atoms. The smallest absolute Gasteiger partial charge is 0.140 e. The van der Waals surface area contributed by atoms with Crippen molar-refractivity contribution in [3.8, 4) is 0 Å². The second-order valence-electron chi connectivity index (χ2n) is 9.30. The molecule has 3 fully saturated rings. The molecule has 28 heavy (non-hydrogen) atoms. The summed E-state index contributed by atoms with van der Waals surface area (Å²) in [4.78, 5) is 12.0. The van der Waals surface area contributed by atoms with Crippen LogP contribution in [0.5, 0.6) is 0 Å². The monoisotopic (exact) mass is 402 g/mol. The summed E-state index contributed by atoms with van der Waals surface area (Å²) in [5, 5.41) is 3.58. The molecule has 2 bridgehead atoms. The number of hydrogen-bond acceptors (Lipinski definition) is 4. The molecular formula is C24H38N2OS. The Morgan fingerprint density at radius 1 is 1.14 bits per heavy atom. The molecule has 1 aromatic carbocycles. The van der Waals surface area contributed by atoms with Crippen LogP contribution in [0.25, 0.3) is 0 Å². The second-order valence-corrected chi connectivity index (χ2v) is 10.2. The molecule has 0 aliphatic heterocycles. The zero-order valence-electron chi connectivity index (χ0n) is 17.8. The Hall–Kier alpha value is -0.840. The van der Waals surface area contributed by atoms with Crippen LogP contribution in [0.1, 0.15) is 65.2 Å². The number of fused-ring (bicyclic) bond motifs is 2. The average Bonchev–Trinajstić information content (AvgIpc) is 2.68. The molecule has 4 rings (SSSR count). The van der Waals surface area contributed by atoms with E-state index < -0.39 is 0 Å². The fourth-order valence-electron chi connectivity index (χ4n) is 5.59. The van der Waals surface area contributed by atoms with Crippen molar-refractivity contribution in [2.24, 2.45) is 23.7 Å². The fraction of sp³-hybridized carbons (Fsp3) is 0.708. The van der Waals surface area contributed by atoms with E-state index in [2.05, 4.69) is 30.9 Å². The molecule has 3 aliphatic carbocycles. The van der Waals surface area contributed by atoms with Gasteiger partial charge in [0.1, 0.15) is 6.29 Å². The predicted octanol–water partition coefficient (Wildman–Crippen LogP) is 5.46. The Kier molecular flexibility index (Phi) is 8.02. The van der Waals surface area contributed by atoms with Crippen LogP contribution >= 0.6 is 11.9 Å². The number of carbonyl (C=O) groups is 1. The van der Waals surface area contributed by atoms with Crippen molar-refractivity contribution in [1.82, 2.24) is 10.0 Å². The molecule has 1 aromatic rings. The highest BCUT2D eigenvalue weighted by molar-refractivity contribution is 7.97. The highest BCUT2D eigenvalue weighted by Crippen LogP contribution is 2.45. The summed E-state index contributed by atoms with van der Waals surface area (Å²) in [7, 11) is 2.16. The van der Waals surface area contributed by atoms with Crippen molar-refractivity contribution in [3.05, 3.63) is 30.3 Å². The van der Waals surface area contributed by atoms with E-state index in [1.807, 2.05) is 30.3 Å². The Balaban J connectivity index is 0.000000161. The summed E-state index contributed by atoms with van der Waals surface area (Å²) in [6.07, 6.45) is 11.5. The minimum atomic E-state index is -0.249. The van der Waals surface area contributed by atoms with Gasteiger partial charge in [0.25, 0.3) is 0 Å². The van der Waals surface area contributed by atoms with E-state index in [1.54, 1.807) is 11.9 Å². The van der Waals surface area contributed by atoms with Gasteiger partial charge in [-0.2, -0.15) is 0 Å². The largest absolute Gasteiger partial charge is 0.316 e. The zero-order chi connectivity index (χ0) is 20.0. The van der Waals surface area contributed by atoms with Gasteiger partial charge in [0.15, 0.2) is 0 Å². The molecule has 0 radical (unpaired) electrons. The second kappa shape index (κ2) is 10.3. The van der Waals surface area contributed by atoms with Crippen LogP contribution in [-0.4, -0.2) is 24.9 Å². The molecule has 3 aliphatic rings. The van der Waals surface area contributed by atoms with Gasteiger partial charge in [0.2, 0.25) is 0 Å². The third-order valence-electron chi connectivity index (χ3n) is 7.17. The first-order valence-corrected chi connectivity index (χ1v) is 12.0. The molecule has 0 amide bonds. The third kappa shape index (κ3) is 5.40. The van der Waals surface area contributed by atoms with E-state index in [9.17, 15) is 4.79 Å². The van der Waals surface area contributed by atoms with Crippen LogP contribution in [0.2, 0.25) is 0 Å². The average molecular weight is 403 g/mol. The fourth-order valence-corrected chi connectivity index (χ4v) is 6.46. The first kappa shape index (κ1) is 21.9. The lowest BCUT2D eigenvalue weighted by Crippen LogP contribution is -2.49. The highest BCUT2D eigenvalue weighted by Gasteiger charge is 2.40. The Morgan fingerprint density at radius 3 is 2.46 bits per heavy atom. The number of benzene rings is 1. The van der Waals surface area contributed by atoms with Crippen LogP contribution in [0.3, 0.4) is 0 Å². The van der Waals surface area contributed by atoms with E-state index in [-0.39, 0.29) is 5.54 Å². The van der Waals surface area contributed by atoms with Crippen molar-refractivity contribution in [2.45, 2.75) is 81.7 Å². The van der Waals surface area contributed by atoms with Gasteiger partial charge in [-0.3, -0.25) is 0 Å². The minimum Gasteiger partial charge on any atom is -0.316 e. The van der Waals surface area contributed by atoms with Crippen LogP contribution in [0, 0.1) is 23.7 Å².